The summed E-state index contributed by atoms with van der Waals surface area (Å²) < 4.78 is 16.4. The Hall–Kier alpha value is -3.39. The molecule has 0 N–H and O–H groups in total. The van der Waals surface area contributed by atoms with Gasteiger partial charge in [0.15, 0.2) is 0 Å². The fourth-order valence-corrected chi connectivity index (χ4v) is 4.90. The maximum atomic E-state index is 13.7. The molecule has 0 aliphatic carbocycles. The molecular weight excluding hydrogens is 446 g/mol. The van der Waals surface area contributed by atoms with Gasteiger partial charge in [-0.05, 0) is 44.5 Å². The molecular formula is C27H33N3O5. The Morgan fingerprint density at radius 3 is 2.46 bits per heavy atom. The van der Waals surface area contributed by atoms with Crippen LogP contribution in [0.3, 0.4) is 0 Å². The number of amides is 1. The number of benzene rings is 2. The van der Waals surface area contributed by atoms with Gasteiger partial charge in [0.25, 0.3) is 5.91 Å². The molecule has 1 amide bonds. The molecule has 2 aliphatic rings. The van der Waals surface area contributed by atoms with E-state index < -0.39 is 6.04 Å². The van der Waals surface area contributed by atoms with E-state index in [9.17, 15) is 9.59 Å². The normalized spacial score (nSPS) is 20.3. The molecule has 2 aromatic carbocycles. The van der Waals surface area contributed by atoms with E-state index in [0.717, 1.165) is 29.7 Å². The van der Waals surface area contributed by atoms with Crippen LogP contribution in [0.5, 0.6) is 11.5 Å². The lowest BCUT2D eigenvalue weighted by atomic mass is 9.97. The van der Waals surface area contributed by atoms with Gasteiger partial charge >= 0.3 is 5.97 Å². The summed E-state index contributed by atoms with van der Waals surface area (Å²) in [5.74, 6) is 0.981. The zero-order chi connectivity index (χ0) is 24.8. The summed E-state index contributed by atoms with van der Waals surface area (Å²) in [6.07, 6.45) is 3.10. The van der Waals surface area contributed by atoms with E-state index in [2.05, 4.69) is 0 Å². The molecule has 0 unspecified atom stereocenters. The van der Waals surface area contributed by atoms with Crippen LogP contribution in [-0.4, -0.2) is 67.5 Å². The van der Waals surface area contributed by atoms with Gasteiger partial charge in [0.2, 0.25) is 0 Å². The van der Waals surface area contributed by atoms with Gasteiger partial charge in [-0.3, -0.25) is 14.5 Å². The first-order chi connectivity index (χ1) is 17.1. The average molecular weight is 480 g/mol. The van der Waals surface area contributed by atoms with Gasteiger partial charge in [0.05, 0.1) is 39.1 Å². The highest BCUT2D eigenvalue weighted by Gasteiger charge is 2.38. The second-order valence-corrected chi connectivity index (χ2v) is 8.68. The van der Waals surface area contributed by atoms with Crippen molar-refractivity contribution >= 4 is 17.6 Å². The quantitative estimate of drug-likeness (QED) is 0.536. The highest BCUT2D eigenvalue weighted by molar-refractivity contribution is 6.05. The third kappa shape index (κ3) is 5.32. The van der Waals surface area contributed by atoms with Crippen molar-refractivity contribution in [1.82, 2.24) is 9.91 Å². The first-order valence-electron chi connectivity index (χ1n) is 12.1. The zero-order valence-electron chi connectivity index (χ0n) is 20.6. The van der Waals surface area contributed by atoms with E-state index in [4.69, 9.17) is 19.3 Å². The smallest absolute Gasteiger partial charge is 0.323 e. The topological polar surface area (TPSA) is 80.7 Å². The van der Waals surface area contributed by atoms with Crippen LogP contribution in [0.4, 0.5) is 0 Å². The van der Waals surface area contributed by atoms with E-state index in [-0.39, 0.29) is 24.5 Å². The van der Waals surface area contributed by atoms with Crippen molar-refractivity contribution in [1.29, 1.82) is 0 Å². The number of ether oxygens (including phenoxy) is 3. The summed E-state index contributed by atoms with van der Waals surface area (Å²) >= 11 is 0. The van der Waals surface area contributed by atoms with E-state index >= 15 is 0 Å². The number of likely N-dealkylation sites (tertiary alicyclic amines) is 1. The lowest BCUT2D eigenvalue weighted by molar-refractivity contribution is -0.152. The van der Waals surface area contributed by atoms with Crippen LogP contribution in [0.1, 0.15) is 49.8 Å². The Morgan fingerprint density at radius 2 is 1.71 bits per heavy atom. The largest absolute Gasteiger partial charge is 0.496 e. The molecule has 4 rings (SSSR count). The zero-order valence-corrected chi connectivity index (χ0v) is 20.6. The molecule has 2 heterocycles. The number of hydrogen-bond acceptors (Lipinski definition) is 7. The predicted molar refractivity (Wildman–Crippen MR) is 133 cm³/mol. The summed E-state index contributed by atoms with van der Waals surface area (Å²) in [4.78, 5) is 28.2. The number of carbonyl (C=O) groups is 2. The van der Waals surface area contributed by atoms with Crippen LogP contribution >= 0.6 is 0 Å². The summed E-state index contributed by atoms with van der Waals surface area (Å²) in [5.41, 5.74) is 2.51. The number of esters is 1. The van der Waals surface area contributed by atoms with Crippen LogP contribution in [-0.2, 0) is 14.3 Å². The standard InChI is InChI=1S/C27H33N3O5/c1-4-35-27(32)22-13-9-10-16-29(22)18-26(31)30-23(20-12-6-8-15-25(20)34-3)17-21(28-30)19-11-5-7-14-24(19)33-2/h5-8,11-12,14-15,22-23H,4,9-10,13,16-18H2,1-3H3/t22-,23-/m1/s1. The van der Waals surface area contributed by atoms with Crippen molar-refractivity contribution in [2.24, 2.45) is 5.10 Å². The molecule has 0 spiro atoms. The minimum absolute atomic E-state index is 0.0951. The van der Waals surface area contributed by atoms with Gasteiger partial charge in [-0.15, -0.1) is 0 Å². The van der Waals surface area contributed by atoms with Crippen molar-refractivity contribution in [2.75, 3.05) is 33.9 Å². The Bertz CT molecular complexity index is 1090. The molecule has 1 fully saturated rings. The molecule has 2 atom stereocenters. The summed E-state index contributed by atoms with van der Waals surface area (Å²) in [7, 11) is 3.25. The van der Waals surface area contributed by atoms with E-state index in [0.29, 0.717) is 37.5 Å². The molecule has 1 saturated heterocycles. The second kappa shape index (κ2) is 11.4. The van der Waals surface area contributed by atoms with Crippen molar-refractivity contribution in [3.05, 3.63) is 59.7 Å². The van der Waals surface area contributed by atoms with Gasteiger partial charge in [0.1, 0.15) is 17.5 Å². The molecule has 2 aromatic rings. The SMILES string of the molecule is CCOC(=O)[C@H]1CCCCN1CC(=O)N1N=C(c2ccccc2OC)C[C@@H]1c1ccccc1OC. The molecule has 35 heavy (non-hydrogen) atoms. The lowest BCUT2D eigenvalue weighted by Crippen LogP contribution is -2.49. The number of hydrogen-bond donors (Lipinski definition) is 0. The third-order valence-corrected chi connectivity index (χ3v) is 6.59. The minimum atomic E-state index is -0.405. The first-order valence-corrected chi connectivity index (χ1v) is 12.1. The van der Waals surface area contributed by atoms with Gasteiger partial charge in [-0.2, -0.15) is 5.10 Å². The maximum absolute atomic E-state index is 13.7. The van der Waals surface area contributed by atoms with Crippen molar-refractivity contribution in [3.63, 3.8) is 0 Å². The highest BCUT2D eigenvalue weighted by atomic mass is 16.5. The van der Waals surface area contributed by atoms with Crippen LogP contribution in [0.2, 0.25) is 0 Å². The predicted octanol–water partition coefficient (Wildman–Crippen LogP) is 3.80. The molecule has 186 valence electrons. The van der Waals surface area contributed by atoms with E-state index in [1.54, 1.807) is 26.2 Å². The highest BCUT2D eigenvalue weighted by Crippen LogP contribution is 2.39. The maximum Gasteiger partial charge on any atom is 0.323 e. The van der Waals surface area contributed by atoms with E-state index in [1.807, 2.05) is 53.4 Å². The number of nitrogens with zero attached hydrogens (tertiary/aromatic N) is 3. The van der Waals surface area contributed by atoms with Crippen molar-refractivity contribution < 1.29 is 23.8 Å². The lowest BCUT2D eigenvalue weighted by Gasteiger charge is -2.34. The minimum Gasteiger partial charge on any atom is -0.496 e. The molecule has 0 bridgehead atoms. The van der Waals surface area contributed by atoms with Gasteiger partial charge < -0.3 is 14.2 Å². The van der Waals surface area contributed by atoms with Crippen LogP contribution < -0.4 is 9.47 Å². The van der Waals surface area contributed by atoms with Crippen molar-refractivity contribution in [3.8, 4) is 11.5 Å². The van der Waals surface area contributed by atoms with Crippen LogP contribution in [0.25, 0.3) is 0 Å². The second-order valence-electron chi connectivity index (χ2n) is 8.68. The summed E-state index contributed by atoms with van der Waals surface area (Å²) in [5, 5.41) is 6.35. The molecule has 8 nitrogen and oxygen atoms in total. The Morgan fingerprint density at radius 1 is 1.00 bits per heavy atom. The first kappa shape index (κ1) is 24.7. The molecule has 0 aromatic heterocycles. The Balaban J connectivity index is 1.65. The summed E-state index contributed by atoms with van der Waals surface area (Å²) in [6.45, 7) is 2.89. The number of carbonyl (C=O) groups excluding carboxylic acids is 2. The molecule has 2 aliphatic heterocycles. The van der Waals surface area contributed by atoms with Crippen LogP contribution in [0, 0.1) is 0 Å². The van der Waals surface area contributed by atoms with Crippen molar-refractivity contribution in [2.45, 2.75) is 44.7 Å². The molecule has 8 heteroatoms. The van der Waals surface area contributed by atoms with E-state index in [1.165, 1.54) is 0 Å². The fraction of sp³-hybridized carbons (Fsp3) is 0.444. The number of rotatable bonds is 8. The van der Waals surface area contributed by atoms with Gasteiger partial charge in [-0.25, -0.2) is 5.01 Å². The number of para-hydroxylation sites is 2. The average Bonchev–Trinajstić information content (AvgIpc) is 3.34. The third-order valence-electron chi connectivity index (χ3n) is 6.59. The number of methoxy groups -OCH3 is 2. The van der Waals surface area contributed by atoms with Gasteiger partial charge in [0, 0.05) is 17.5 Å². The summed E-state index contributed by atoms with van der Waals surface area (Å²) in [6, 6.07) is 14.6. The Labute approximate surface area is 206 Å². The number of hydrazone groups is 1. The van der Waals surface area contributed by atoms with Gasteiger partial charge in [-0.1, -0.05) is 36.8 Å². The molecule has 0 radical (unpaired) electrons. The fourth-order valence-electron chi connectivity index (χ4n) is 4.90. The van der Waals surface area contributed by atoms with Crippen LogP contribution in [0.15, 0.2) is 53.6 Å². The number of piperidine rings is 1. The Kier molecular flexibility index (Phi) is 8.02. The monoisotopic (exact) mass is 479 g/mol. The molecule has 0 saturated carbocycles.